The number of hydrogen-bond acceptors (Lipinski definition) is 6. The van der Waals surface area contributed by atoms with Gasteiger partial charge in [0.15, 0.2) is 0 Å². The van der Waals surface area contributed by atoms with Crippen molar-refractivity contribution in [3.63, 3.8) is 0 Å². The molecular formula is C12H17N3O5. The van der Waals surface area contributed by atoms with Crippen LogP contribution in [0.25, 0.3) is 0 Å². The van der Waals surface area contributed by atoms with Crippen LogP contribution >= 0.6 is 0 Å². The number of aromatic amines is 1. The molecule has 1 aromatic heterocycles. The molecule has 1 aromatic rings. The topological polar surface area (TPSA) is 106 Å². The molecule has 1 aliphatic heterocycles. The van der Waals surface area contributed by atoms with E-state index in [4.69, 9.17) is 9.57 Å². The van der Waals surface area contributed by atoms with Crippen LogP contribution in [0, 0.1) is 6.92 Å². The number of aliphatic hydroxyl groups excluding tert-OH is 1. The third kappa shape index (κ3) is 2.82. The maximum Gasteiger partial charge on any atom is 0.330 e. The summed E-state index contributed by atoms with van der Waals surface area (Å²) in [6.45, 7) is 1.40. The summed E-state index contributed by atoms with van der Waals surface area (Å²) < 4.78 is 6.92. The van der Waals surface area contributed by atoms with Crippen LogP contribution in [0.4, 0.5) is 0 Å². The number of hydrogen-bond donors (Lipinski definition) is 3. The molecule has 8 nitrogen and oxygen atoms in total. The second-order valence-electron chi connectivity index (χ2n) is 4.49. The summed E-state index contributed by atoms with van der Waals surface area (Å²) in [4.78, 5) is 30.1. The van der Waals surface area contributed by atoms with Crippen LogP contribution in [-0.4, -0.2) is 34.5 Å². The summed E-state index contributed by atoms with van der Waals surface area (Å²) in [5.74, 6) is 0. The molecule has 0 bridgehead atoms. The number of ether oxygens (including phenoxy) is 1. The highest BCUT2D eigenvalue weighted by Crippen LogP contribution is 2.31. The highest BCUT2D eigenvalue weighted by molar-refractivity contribution is 5.13. The standard InChI is InChI=1S/C12H17N3O5/c1-7-5-15(12(18)14-11(7)17)10-3-8(4-13-19-2)9(6-16)20-10/h4-5,9-10,13,16H,3,6H2,1-2H3,(H,14,17,18)/t9-,10-/m1/s1. The van der Waals surface area contributed by atoms with Crippen LogP contribution in [0.15, 0.2) is 27.6 Å². The van der Waals surface area contributed by atoms with Gasteiger partial charge in [-0.3, -0.25) is 24.7 Å². The van der Waals surface area contributed by atoms with Gasteiger partial charge in [-0.1, -0.05) is 0 Å². The largest absolute Gasteiger partial charge is 0.393 e. The zero-order chi connectivity index (χ0) is 14.7. The van der Waals surface area contributed by atoms with Gasteiger partial charge in [0.05, 0.1) is 13.7 Å². The number of aromatic nitrogens is 2. The average Bonchev–Trinajstić information content (AvgIpc) is 2.83. The fourth-order valence-electron chi connectivity index (χ4n) is 2.07. The van der Waals surface area contributed by atoms with Crippen LogP contribution in [0.3, 0.4) is 0 Å². The van der Waals surface area contributed by atoms with E-state index in [0.717, 1.165) is 5.57 Å². The predicted octanol–water partition coefficient (Wildman–Crippen LogP) is -0.840. The number of H-pyrrole nitrogens is 1. The molecule has 20 heavy (non-hydrogen) atoms. The minimum absolute atomic E-state index is 0.204. The van der Waals surface area contributed by atoms with Gasteiger partial charge in [-0.05, 0) is 12.5 Å². The fraction of sp³-hybridized carbons (Fsp3) is 0.500. The first-order valence-corrected chi connectivity index (χ1v) is 6.12. The highest BCUT2D eigenvalue weighted by Gasteiger charge is 2.31. The summed E-state index contributed by atoms with van der Waals surface area (Å²) >= 11 is 0. The normalized spacial score (nSPS) is 24.2. The number of nitrogens with one attached hydrogen (secondary N) is 2. The van der Waals surface area contributed by atoms with Gasteiger partial charge in [0, 0.05) is 24.4 Å². The van der Waals surface area contributed by atoms with Crippen LogP contribution in [0.1, 0.15) is 18.2 Å². The van der Waals surface area contributed by atoms with E-state index in [9.17, 15) is 14.7 Å². The zero-order valence-corrected chi connectivity index (χ0v) is 11.3. The van der Waals surface area contributed by atoms with E-state index in [0.29, 0.717) is 12.0 Å². The molecule has 1 fully saturated rings. The third-order valence-electron chi connectivity index (χ3n) is 3.13. The lowest BCUT2D eigenvalue weighted by Gasteiger charge is -2.14. The average molecular weight is 283 g/mol. The SMILES string of the molecule is CONC=C1C[C@H](n2cc(C)c(=O)[nH]c2=O)O[C@@H]1CO. The van der Waals surface area contributed by atoms with Crippen molar-refractivity contribution in [1.82, 2.24) is 15.0 Å². The Morgan fingerprint density at radius 1 is 1.65 bits per heavy atom. The second kappa shape index (κ2) is 6.04. The Labute approximate surface area is 114 Å². The van der Waals surface area contributed by atoms with Gasteiger partial charge in [0.2, 0.25) is 0 Å². The molecule has 0 saturated carbocycles. The summed E-state index contributed by atoms with van der Waals surface area (Å²) in [5, 5.41) is 9.29. The van der Waals surface area contributed by atoms with Gasteiger partial charge >= 0.3 is 5.69 Å². The van der Waals surface area contributed by atoms with Crippen LogP contribution in [0.2, 0.25) is 0 Å². The maximum atomic E-state index is 11.8. The smallest absolute Gasteiger partial charge is 0.330 e. The van der Waals surface area contributed by atoms with Crippen molar-refractivity contribution < 1.29 is 14.7 Å². The Bertz CT molecular complexity index is 618. The van der Waals surface area contributed by atoms with Gasteiger partial charge in [0.25, 0.3) is 5.56 Å². The summed E-state index contributed by atoms with van der Waals surface area (Å²) in [6, 6.07) is 0. The van der Waals surface area contributed by atoms with E-state index in [-0.39, 0.29) is 6.61 Å². The lowest BCUT2D eigenvalue weighted by Crippen LogP contribution is -2.33. The maximum absolute atomic E-state index is 11.8. The molecule has 3 N–H and O–H groups in total. The minimum Gasteiger partial charge on any atom is -0.393 e. The number of aliphatic hydroxyl groups is 1. The molecule has 1 saturated heterocycles. The molecule has 2 heterocycles. The van der Waals surface area contributed by atoms with Crippen molar-refractivity contribution in [2.45, 2.75) is 25.7 Å². The first kappa shape index (κ1) is 14.5. The molecule has 0 radical (unpaired) electrons. The fourth-order valence-corrected chi connectivity index (χ4v) is 2.07. The molecule has 0 amide bonds. The highest BCUT2D eigenvalue weighted by atomic mass is 16.6. The molecule has 0 unspecified atom stereocenters. The first-order valence-electron chi connectivity index (χ1n) is 6.12. The summed E-state index contributed by atoms with van der Waals surface area (Å²) in [7, 11) is 1.47. The number of nitrogens with zero attached hydrogens (tertiary/aromatic N) is 1. The van der Waals surface area contributed by atoms with Crippen molar-refractivity contribution in [3.8, 4) is 0 Å². The van der Waals surface area contributed by atoms with Crippen molar-refractivity contribution in [2.24, 2.45) is 0 Å². The Morgan fingerprint density at radius 3 is 3.05 bits per heavy atom. The lowest BCUT2D eigenvalue weighted by molar-refractivity contribution is -0.0192. The summed E-state index contributed by atoms with van der Waals surface area (Å²) in [5.41, 5.74) is 2.80. The van der Waals surface area contributed by atoms with Crippen molar-refractivity contribution >= 4 is 0 Å². The van der Waals surface area contributed by atoms with Gasteiger partial charge in [-0.15, -0.1) is 0 Å². The second-order valence-corrected chi connectivity index (χ2v) is 4.49. The molecule has 0 aromatic carbocycles. The molecule has 2 rings (SSSR count). The molecule has 0 aliphatic carbocycles. The van der Waals surface area contributed by atoms with Crippen molar-refractivity contribution in [1.29, 1.82) is 0 Å². The molecule has 8 heteroatoms. The van der Waals surface area contributed by atoms with Gasteiger partial charge in [0.1, 0.15) is 12.3 Å². The summed E-state index contributed by atoms with van der Waals surface area (Å²) in [6.07, 6.45) is 2.37. The Balaban J connectivity index is 2.30. The van der Waals surface area contributed by atoms with Gasteiger partial charge in [-0.25, -0.2) is 4.79 Å². The Kier molecular flexibility index (Phi) is 4.38. The quantitative estimate of drug-likeness (QED) is 0.622. The number of rotatable bonds is 4. The van der Waals surface area contributed by atoms with E-state index in [1.165, 1.54) is 17.9 Å². The molecule has 2 atom stereocenters. The van der Waals surface area contributed by atoms with E-state index >= 15 is 0 Å². The molecule has 110 valence electrons. The van der Waals surface area contributed by atoms with Crippen LogP contribution in [-0.2, 0) is 9.57 Å². The number of aryl methyl sites for hydroxylation is 1. The zero-order valence-electron chi connectivity index (χ0n) is 11.3. The van der Waals surface area contributed by atoms with Crippen molar-refractivity contribution in [2.75, 3.05) is 13.7 Å². The third-order valence-corrected chi connectivity index (χ3v) is 3.13. The van der Waals surface area contributed by atoms with Gasteiger partial charge < -0.3 is 9.84 Å². The van der Waals surface area contributed by atoms with E-state index in [1.54, 1.807) is 13.1 Å². The van der Waals surface area contributed by atoms with E-state index in [2.05, 4.69) is 10.5 Å². The molecular weight excluding hydrogens is 266 g/mol. The Hall–Kier alpha value is -1.90. The van der Waals surface area contributed by atoms with Crippen molar-refractivity contribution in [3.05, 3.63) is 44.4 Å². The number of hydroxylamine groups is 1. The lowest BCUT2D eigenvalue weighted by atomic mass is 10.1. The monoisotopic (exact) mass is 283 g/mol. The first-order chi connectivity index (χ1) is 9.56. The Morgan fingerprint density at radius 2 is 2.40 bits per heavy atom. The van der Waals surface area contributed by atoms with E-state index in [1.807, 2.05) is 0 Å². The predicted molar refractivity (Wildman–Crippen MR) is 69.9 cm³/mol. The van der Waals surface area contributed by atoms with Crippen LogP contribution < -0.4 is 16.7 Å². The van der Waals surface area contributed by atoms with E-state index < -0.39 is 23.6 Å². The molecule has 1 aliphatic rings. The minimum atomic E-state index is -0.569. The van der Waals surface area contributed by atoms with Gasteiger partial charge in [-0.2, -0.15) is 0 Å². The molecule has 0 spiro atoms. The van der Waals surface area contributed by atoms with Crippen LogP contribution in [0.5, 0.6) is 0 Å².